The van der Waals surface area contributed by atoms with Crippen LogP contribution in [0.5, 0.6) is 0 Å². The van der Waals surface area contributed by atoms with E-state index in [-0.39, 0.29) is 0 Å². The monoisotopic (exact) mass is 160 g/mol. The molecule has 0 atom stereocenters. The minimum Gasteiger partial charge on any atom is -0.0952 e. The molecule has 0 aromatic heterocycles. The van der Waals surface area contributed by atoms with Crippen LogP contribution in [0, 0.1) is 0 Å². The summed E-state index contributed by atoms with van der Waals surface area (Å²) >= 11 is 3.29. The second kappa shape index (κ2) is 6.28. The molecule has 0 radical (unpaired) electrons. The van der Waals surface area contributed by atoms with Gasteiger partial charge in [0.2, 0.25) is 0 Å². The summed E-state index contributed by atoms with van der Waals surface area (Å²) in [6.45, 7) is 2.18. The van der Waals surface area contributed by atoms with Gasteiger partial charge in [0.1, 0.15) is 7.28 Å². The lowest BCUT2D eigenvalue weighted by atomic mass is 9.78. The quantitative estimate of drug-likeness (QED) is 0.336. The van der Waals surface area contributed by atoms with Crippen molar-refractivity contribution in [2.75, 3.05) is 5.33 Å². The standard InChI is InChI=1S/C5H10BBr/c1-6-4-2-3-5-7/h2-3,6H,4-5H2,1H3/b3-2-. The Labute approximate surface area is 54.4 Å². The topological polar surface area (TPSA) is 0 Å². The van der Waals surface area contributed by atoms with Crippen LogP contribution in [-0.4, -0.2) is 12.6 Å². The number of hydrogen-bond acceptors (Lipinski definition) is 0. The molecule has 0 fully saturated rings. The molecule has 0 nitrogen and oxygen atoms in total. The van der Waals surface area contributed by atoms with E-state index in [4.69, 9.17) is 0 Å². The highest BCUT2D eigenvalue weighted by atomic mass is 79.9. The van der Waals surface area contributed by atoms with Gasteiger partial charge in [-0.2, -0.15) is 0 Å². The molecule has 0 aromatic carbocycles. The first-order valence-corrected chi connectivity index (χ1v) is 3.75. The fourth-order valence-corrected chi connectivity index (χ4v) is 0.612. The van der Waals surface area contributed by atoms with Gasteiger partial charge >= 0.3 is 0 Å². The molecule has 7 heavy (non-hydrogen) atoms. The van der Waals surface area contributed by atoms with Gasteiger partial charge in [-0.1, -0.05) is 41.2 Å². The van der Waals surface area contributed by atoms with Crippen LogP contribution >= 0.6 is 15.9 Å². The molecular formula is C5H10BBr. The second-order valence-corrected chi connectivity index (χ2v) is 2.06. The summed E-state index contributed by atoms with van der Waals surface area (Å²) < 4.78 is 0. The Kier molecular flexibility index (Phi) is 6.54. The fourth-order valence-electron chi connectivity index (χ4n) is 0.348. The average Bonchev–Trinajstić information content (AvgIpc) is 1.69. The number of rotatable bonds is 3. The largest absolute Gasteiger partial charge is 0.121 e. The highest BCUT2D eigenvalue weighted by Gasteiger charge is 1.71. The van der Waals surface area contributed by atoms with E-state index in [9.17, 15) is 0 Å². The third-order valence-corrected chi connectivity index (χ3v) is 1.08. The zero-order valence-electron chi connectivity index (χ0n) is 4.65. The molecule has 0 unspecified atom stereocenters. The first-order chi connectivity index (χ1) is 3.41. The van der Waals surface area contributed by atoms with Crippen molar-refractivity contribution in [2.24, 2.45) is 0 Å². The van der Waals surface area contributed by atoms with Crippen molar-refractivity contribution in [3.8, 4) is 0 Å². The Morgan fingerprint density at radius 3 is 2.71 bits per heavy atom. The van der Waals surface area contributed by atoms with Crippen molar-refractivity contribution in [3.05, 3.63) is 12.2 Å². The van der Waals surface area contributed by atoms with Crippen molar-refractivity contribution in [2.45, 2.75) is 13.1 Å². The minimum absolute atomic E-state index is 0.993. The van der Waals surface area contributed by atoms with Crippen molar-refractivity contribution in [1.82, 2.24) is 0 Å². The lowest BCUT2D eigenvalue weighted by molar-refractivity contribution is 1.62. The molecule has 0 heterocycles. The van der Waals surface area contributed by atoms with Gasteiger partial charge in [-0.3, -0.25) is 0 Å². The minimum atomic E-state index is 0.993. The summed E-state index contributed by atoms with van der Waals surface area (Å²) in [6.07, 6.45) is 5.53. The second-order valence-electron chi connectivity index (χ2n) is 1.41. The zero-order valence-corrected chi connectivity index (χ0v) is 6.24. The lowest BCUT2D eigenvalue weighted by Gasteiger charge is -1.76. The molecule has 0 aromatic rings. The number of allylic oxidation sites excluding steroid dienone is 2. The van der Waals surface area contributed by atoms with E-state index < -0.39 is 0 Å². The predicted molar refractivity (Wildman–Crippen MR) is 40.8 cm³/mol. The van der Waals surface area contributed by atoms with E-state index in [0.29, 0.717) is 0 Å². The van der Waals surface area contributed by atoms with E-state index >= 15 is 0 Å². The summed E-state index contributed by atoms with van der Waals surface area (Å²) in [5.41, 5.74) is 0. The number of alkyl halides is 1. The molecule has 0 aliphatic heterocycles. The predicted octanol–water partition coefficient (Wildman–Crippen LogP) is 1.84. The molecule has 2 heteroatoms. The Hall–Kier alpha value is 0.285. The van der Waals surface area contributed by atoms with Crippen molar-refractivity contribution >= 4 is 23.2 Å². The molecule has 0 rings (SSSR count). The molecular weight excluding hydrogens is 151 g/mol. The van der Waals surface area contributed by atoms with Gasteiger partial charge in [0.05, 0.1) is 0 Å². The van der Waals surface area contributed by atoms with E-state index in [2.05, 4.69) is 34.9 Å². The van der Waals surface area contributed by atoms with Crippen molar-refractivity contribution in [1.29, 1.82) is 0 Å². The van der Waals surface area contributed by atoms with Crippen LogP contribution in [0.1, 0.15) is 0 Å². The maximum absolute atomic E-state index is 3.29. The van der Waals surface area contributed by atoms with E-state index in [1.807, 2.05) is 0 Å². The van der Waals surface area contributed by atoms with Gasteiger partial charge in [0, 0.05) is 5.33 Å². The summed E-state index contributed by atoms with van der Waals surface area (Å²) in [7, 11) is 1.25. The van der Waals surface area contributed by atoms with Gasteiger partial charge in [-0.15, -0.1) is 0 Å². The smallest absolute Gasteiger partial charge is 0.0952 e. The van der Waals surface area contributed by atoms with Crippen molar-refractivity contribution < 1.29 is 0 Å². The summed E-state index contributed by atoms with van der Waals surface area (Å²) in [5.74, 6) is 0. The number of halogens is 1. The van der Waals surface area contributed by atoms with Crippen LogP contribution in [-0.2, 0) is 0 Å². The Morgan fingerprint density at radius 1 is 1.57 bits per heavy atom. The zero-order chi connectivity index (χ0) is 5.54. The van der Waals surface area contributed by atoms with Crippen molar-refractivity contribution in [3.63, 3.8) is 0 Å². The molecule has 0 saturated carbocycles. The third-order valence-electron chi connectivity index (χ3n) is 0.711. The van der Waals surface area contributed by atoms with Gasteiger partial charge in [0.25, 0.3) is 0 Å². The van der Waals surface area contributed by atoms with Gasteiger partial charge in [0.15, 0.2) is 0 Å². The molecule has 0 saturated heterocycles. The number of hydrogen-bond donors (Lipinski definition) is 0. The molecule has 0 amide bonds. The molecule has 0 aliphatic rings. The molecule has 0 N–H and O–H groups in total. The third kappa shape index (κ3) is 6.28. The van der Waals surface area contributed by atoms with Crippen LogP contribution in [0.2, 0.25) is 13.1 Å². The Morgan fingerprint density at radius 2 is 2.29 bits per heavy atom. The normalized spacial score (nSPS) is 10.0. The first-order valence-electron chi connectivity index (χ1n) is 2.62. The van der Waals surface area contributed by atoms with Crippen LogP contribution in [0.4, 0.5) is 0 Å². The van der Waals surface area contributed by atoms with Gasteiger partial charge in [-0.05, 0) is 0 Å². The van der Waals surface area contributed by atoms with Crippen LogP contribution < -0.4 is 0 Å². The van der Waals surface area contributed by atoms with Crippen LogP contribution in [0.15, 0.2) is 12.2 Å². The maximum Gasteiger partial charge on any atom is 0.121 e. The van der Waals surface area contributed by atoms with E-state index in [1.54, 1.807) is 0 Å². The Balaban J connectivity index is 2.78. The highest BCUT2D eigenvalue weighted by Crippen LogP contribution is 1.84. The van der Waals surface area contributed by atoms with E-state index in [1.165, 1.54) is 13.6 Å². The Bertz CT molecular complexity index is 52.0. The van der Waals surface area contributed by atoms with E-state index in [0.717, 1.165) is 5.33 Å². The summed E-state index contributed by atoms with van der Waals surface area (Å²) in [6, 6.07) is 0. The first kappa shape index (κ1) is 7.28. The molecule has 40 valence electrons. The fraction of sp³-hybridized carbons (Fsp3) is 0.600. The summed E-state index contributed by atoms with van der Waals surface area (Å²) in [4.78, 5) is 0. The summed E-state index contributed by atoms with van der Waals surface area (Å²) in [5, 5.41) is 0.993. The lowest BCUT2D eigenvalue weighted by Crippen LogP contribution is -1.72. The average molecular weight is 161 g/mol. The van der Waals surface area contributed by atoms with Crippen LogP contribution in [0.25, 0.3) is 0 Å². The van der Waals surface area contributed by atoms with Crippen LogP contribution in [0.3, 0.4) is 0 Å². The highest BCUT2D eigenvalue weighted by molar-refractivity contribution is 9.09. The maximum atomic E-state index is 3.29. The van der Waals surface area contributed by atoms with Gasteiger partial charge < -0.3 is 0 Å². The molecule has 0 bridgehead atoms. The molecule has 0 spiro atoms. The molecule has 0 aliphatic carbocycles. The SMILES string of the molecule is CBC/C=C\CBr. The van der Waals surface area contributed by atoms with Gasteiger partial charge in [-0.25, -0.2) is 0 Å².